The van der Waals surface area contributed by atoms with Gasteiger partial charge in [0.25, 0.3) is 0 Å². The molecule has 1 N–H and O–H groups in total. The molecule has 0 saturated heterocycles. The van der Waals surface area contributed by atoms with E-state index in [1.165, 1.54) is 28.2 Å². The van der Waals surface area contributed by atoms with Gasteiger partial charge in [-0.05, 0) is 13.8 Å². The van der Waals surface area contributed by atoms with Gasteiger partial charge in [-0.15, -0.1) is 0 Å². The van der Waals surface area contributed by atoms with Crippen LogP contribution in [0, 0.1) is 27.7 Å². The molecule has 0 unspecified atom stereocenters. The van der Waals surface area contributed by atoms with Crippen molar-refractivity contribution >= 4 is 5.69 Å². The lowest BCUT2D eigenvalue weighted by atomic mass is 10.1. The first kappa shape index (κ1) is 13.7. The Kier molecular flexibility index (Phi) is 4.84. The first-order chi connectivity index (χ1) is 5.95. The number of aromatic nitrogens is 1. The molecule has 0 aliphatic heterocycles. The lowest BCUT2D eigenvalue weighted by molar-refractivity contribution is -0.397. The number of aryl methyl sites for hydroxylation is 2. The zero-order valence-electron chi connectivity index (χ0n) is 9.83. The minimum atomic E-state index is 0. The highest BCUT2D eigenvalue weighted by Crippen LogP contribution is 2.24. The summed E-state index contributed by atoms with van der Waals surface area (Å²) in [7, 11) is 4.18. The van der Waals surface area contributed by atoms with E-state index in [0.717, 1.165) is 0 Å². The molecule has 0 amide bonds. The number of pyridine rings is 1. The van der Waals surface area contributed by atoms with Crippen molar-refractivity contribution < 1.29 is 29.0 Å². The molecular formula is C11H19IN2. The third-order valence-corrected chi connectivity index (χ3v) is 2.66. The molecule has 14 heavy (non-hydrogen) atoms. The third kappa shape index (κ3) is 2.38. The standard InChI is InChI=1S/C11H18N2.HI/c1-7-9(3)12-10(4)8(2)11(7)13(5)6;/h1-6H3;1H. The van der Waals surface area contributed by atoms with Gasteiger partial charge in [-0.25, -0.2) is 4.98 Å². The second kappa shape index (κ2) is 4.96. The maximum atomic E-state index is 3.38. The van der Waals surface area contributed by atoms with Crippen LogP contribution in [0.2, 0.25) is 0 Å². The van der Waals surface area contributed by atoms with Crippen LogP contribution in [0.15, 0.2) is 0 Å². The van der Waals surface area contributed by atoms with E-state index in [0.29, 0.717) is 0 Å². The Balaban J connectivity index is 0.00000169. The van der Waals surface area contributed by atoms with Crippen molar-refractivity contribution in [1.29, 1.82) is 0 Å². The number of aromatic amines is 1. The van der Waals surface area contributed by atoms with Crippen LogP contribution >= 0.6 is 0 Å². The maximum absolute atomic E-state index is 3.38. The van der Waals surface area contributed by atoms with Gasteiger partial charge in [0.2, 0.25) is 0 Å². The van der Waals surface area contributed by atoms with Crippen LogP contribution in [0.5, 0.6) is 0 Å². The van der Waals surface area contributed by atoms with Crippen molar-refractivity contribution in [2.24, 2.45) is 0 Å². The summed E-state index contributed by atoms with van der Waals surface area (Å²) in [5.74, 6) is 0. The second-order valence-electron chi connectivity index (χ2n) is 3.87. The molecule has 0 fully saturated rings. The summed E-state index contributed by atoms with van der Waals surface area (Å²) in [6, 6.07) is 0. The fourth-order valence-electron chi connectivity index (χ4n) is 1.78. The van der Waals surface area contributed by atoms with E-state index in [9.17, 15) is 0 Å². The minimum absolute atomic E-state index is 0. The highest BCUT2D eigenvalue weighted by atomic mass is 127. The van der Waals surface area contributed by atoms with Gasteiger partial charge in [0.1, 0.15) is 0 Å². The van der Waals surface area contributed by atoms with Gasteiger partial charge < -0.3 is 28.9 Å². The number of halogens is 1. The molecule has 0 atom stereocenters. The van der Waals surface area contributed by atoms with Crippen LogP contribution in [0.25, 0.3) is 0 Å². The molecule has 2 nitrogen and oxygen atoms in total. The number of hydrogen-bond acceptors (Lipinski definition) is 1. The number of hydrogen-bond donors (Lipinski definition) is 0. The fourth-order valence-corrected chi connectivity index (χ4v) is 1.78. The molecule has 0 bridgehead atoms. The molecule has 0 aliphatic rings. The summed E-state index contributed by atoms with van der Waals surface area (Å²) in [4.78, 5) is 5.55. The molecule has 1 rings (SSSR count). The first-order valence-corrected chi connectivity index (χ1v) is 4.62. The summed E-state index contributed by atoms with van der Waals surface area (Å²) in [5, 5.41) is 0. The van der Waals surface area contributed by atoms with Crippen LogP contribution in [0.3, 0.4) is 0 Å². The molecule has 1 heterocycles. The van der Waals surface area contributed by atoms with Gasteiger partial charge in [-0.3, -0.25) is 0 Å². The number of nitrogens with zero attached hydrogens (tertiary/aromatic N) is 1. The quantitative estimate of drug-likeness (QED) is 0.596. The molecular weight excluding hydrogens is 287 g/mol. The van der Waals surface area contributed by atoms with E-state index >= 15 is 0 Å². The van der Waals surface area contributed by atoms with Crippen molar-refractivity contribution in [3.8, 4) is 0 Å². The molecule has 0 spiro atoms. The minimum Gasteiger partial charge on any atom is -1.00 e. The molecule has 0 aromatic carbocycles. The van der Waals surface area contributed by atoms with Crippen molar-refractivity contribution in [3.63, 3.8) is 0 Å². The van der Waals surface area contributed by atoms with Crippen LogP contribution < -0.4 is 33.9 Å². The maximum Gasteiger partial charge on any atom is 0.181 e. The third-order valence-electron chi connectivity index (χ3n) is 2.66. The first-order valence-electron chi connectivity index (χ1n) is 4.62. The van der Waals surface area contributed by atoms with Crippen LogP contribution in [0.1, 0.15) is 22.5 Å². The molecule has 0 aliphatic carbocycles. The average molecular weight is 306 g/mol. The smallest absolute Gasteiger partial charge is 0.181 e. The Morgan fingerprint density at radius 3 is 1.50 bits per heavy atom. The van der Waals surface area contributed by atoms with E-state index in [-0.39, 0.29) is 24.0 Å². The van der Waals surface area contributed by atoms with Crippen LogP contribution in [-0.4, -0.2) is 14.1 Å². The second-order valence-corrected chi connectivity index (χ2v) is 3.87. The summed E-state index contributed by atoms with van der Waals surface area (Å²) < 4.78 is 0. The molecule has 3 heteroatoms. The topological polar surface area (TPSA) is 17.4 Å². The van der Waals surface area contributed by atoms with E-state index in [4.69, 9.17) is 0 Å². The van der Waals surface area contributed by atoms with Crippen molar-refractivity contribution in [3.05, 3.63) is 22.5 Å². The average Bonchev–Trinajstić information content (AvgIpc) is 2.01. The monoisotopic (exact) mass is 306 g/mol. The Hall–Kier alpha value is -0.320. The molecule has 1 aromatic heterocycles. The predicted octanol–water partition coefficient (Wildman–Crippen LogP) is -1.20. The summed E-state index contributed by atoms with van der Waals surface area (Å²) in [5.41, 5.74) is 6.54. The lowest BCUT2D eigenvalue weighted by Gasteiger charge is -2.18. The zero-order chi connectivity index (χ0) is 10.2. The van der Waals surface area contributed by atoms with E-state index in [1.54, 1.807) is 0 Å². The Morgan fingerprint density at radius 2 is 1.21 bits per heavy atom. The van der Waals surface area contributed by atoms with Gasteiger partial charge in [-0.1, -0.05) is 0 Å². The lowest BCUT2D eigenvalue weighted by Crippen LogP contribution is -3.00. The highest BCUT2D eigenvalue weighted by Gasteiger charge is 2.15. The number of H-pyrrole nitrogens is 1. The molecule has 80 valence electrons. The van der Waals surface area contributed by atoms with Crippen molar-refractivity contribution in [2.45, 2.75) is 27.7 Å². The van der Waals surface area contributed by atoms with Crippen LogP contribution in [0.4, 0.5) is 5.69 Å². The highest BCUT2D eigenvalue weighted by molar-refractivity contribution is 5.58. The summed E-state index contributed by atoms with van der Waals surface area (Å²) in [6.45, 7) is 8.56. The van der Waals surface area contributed by atoms with Gasteiger partial charge in [-0.2, -0.15) is 0 Å². The van der Waals surface area contributed by atoms with Gasteiger partial charge in [0, 0.05) is 39.1 Å². The van der Waals surface area contributed by atoms with Gasteiger partial charge >= 0.3 is 0 Å². The Labute approximate surface area is 104 Å². The number of rotatable bonds is 1. The number of anilines is 1. The van der Waals surface area contributed by atoms with Crippen LogP contribution in [-0.2, 0) is 0 Å². The zero-order valence-corrected chi connectivity index (χ0v) is 12.0. The SMILES string of the molecule is Cc1[nH+]c(C)c(C)c(N(C)C)c1C.[I-]. The van der Waals surface area contributed by atoms with E-state index in [1.807, 2.05) is 0 Å². The normalized spacial score (nSPS) is 9.57. The number of nitrogens with one attached hydrogen (secondary N) is 1. The molecule has 1 aromatic rings. The Morgan fingerprint density at radius 1 is 0.857 bits per heavy atom. The predicted molar refractivity (Wildman–Crippen MR) is 56.3 cm³/mol. The van der Waals surface area contributed by atoms with Crippen molar-refractivity contribution in [2.75, 3.05) is 19.0 Å². The van der Waals surface area contributed by atoms with E-state index < -0.39 is 0 Å². The summed E-state index contributed by atoms with van der Waals surface area (Å²) >= 11 is 0. The molecule has 0 radical (unpaired) electrons. The van der Waals surface area contributed by atoms with E-state index in [2.05, 4.69) is 51.7 Å². The summed E-state index contributed by atoms with van der Waals surface area (Å²) in [6.07, 6.45) is 0. The van der Waals surface area contributed by atoms with Gasteiger partial charge in [0.15, 0.2) is 11.4 Å². The Bertz CT molecular complexity index is 306. The fraction of sp³-hybridized carbons (Fsp3) is 0.545. The van der Waals surface area contributed by atoms with Gasteiger partial charge in [0.05, 0.1) is 5.69 Å². The molecule has 0 saturated carbocycles. The largest absolute Gasteiger partial charge is 1.00 e. The van der Waals surface area contributed by atoms with Crippen molar-refractivity contribution in [1.82, 2.24) is 0 Å².